The molecule has 2 rings (SSSR count). The number of esters is 1. The molecule has 1 heterocycles. The SMILES string of the molecule is CCOC(=O)c1coc(NC2CCCC(SC)C2)n1. The summed E-state index contributed by atoms with van der Waals surface area (Å²) in [6, 6.07) is 0.787. The summed E-state index contributed by atoms with van der Waals surface area (Å²) in [5.41, 5.74) is 0.224. The lowest BCUT2D eigenvalue weighted by molar-refractivity contribution is 0.0519. The summed E-state index contributed by atoms with van der Waals surface area (Å²) in [5, 5.41) is 3.96. The van der Waals surface area contributed by atoms with Gasteiger partial charge in [-0.3, -0.25) is 0 Å². The standard InChI is InChI=1S/C13H20N2O3S/c1-3-17-12(16)11-8-18-13(15-11)14-9-5-4-6-10(7-9)19-2/h8-10H,3-7H2,1-2H3,(H,14,15). The Hall–Kier alpha value is -1.17. The number of thioether (sulfide) groups is 1. The number of hydrogen-bond acceptors (Lipinski definition) is 6. The first-order valence-corrected chi connectivity index (χ1v) is 7.93. The van der Waals surface area contributed by atoms with Crippen LogP contribution < -0.4 is 5.32 Å². The van der Waals surface area contributed by atoms with Crippen molar-refractivity contribution in [2.24, 2.45) is 0 Å². The molecule has 0 aromatic carbocycles. The highest BCUT2D eigenvalue weighted by molar-refractivity contribution is 7.99. The van der Waals surface area contributed by atoms with Crippen molar-refractivity contribution in [1.29, 1.82) is 0 Å². The van der Waals surface area contributed by atoms with Gasteiger partial charge in [-0.15, -0.1) is 0 Å². The van der Waals surface area contributed by atoms with Gasteiger partial charge in [0, 0.05) is 11.3 Å². The minimum atomic E-state index is -0.440. The van der Waals surface area contributed by atoms with Crippen molar-refractivity contribution >= 4 is 23.7 Å². The molecule has 1 N–H and O–H groups in total. The van der Waals surface area contributed by atoms with Crippen LogP contribution in [0.1, 0.15) is 43.1 Å². The zero-order valence-electron chi connectivity index (χ0n) is 11.3. The Morgan fingerprint density at radius 2 is 2.47 bits per heavy atom. The molecule has 1 aromatic rings. The predicted octanol–water partition coefficient (Wildman–Crippen LogP) is 2.94. The molecule has 1 fully saturated rings. The Kier molecular flexibility index (Phi) is 5.13. The molecule has 0 bridgehead atoms. The molecule has 6 heteroatoms. The second-order valence-electron chi connectivity index (χ2n) is 4.62. The fraction of sp³-hybridized carbons (Fsp3) is 0.692. The smallest absolute Gasteiger partial charge is 0.360 e. The maximum absolute atomic E-state index is 11.5. The van der Waals surface area contributed by atoms with Crippen LogP contribution in [-0.4, -0.2) is 35.1 Å². The largest absolute Gasteiger partial charge is 0.461 e. The van der Waals surface area contributed by atoms with E-state index in [0.29, 0.717) is 23.9 Å². The first-order valence-electron chi connectivity index (χ1n) is 6.65. The van der Waals surface area contributed by atoms with Gasteiger partial charge < -0.3 is 14.5 Å². The monoisotopic (exact) mass is 284 g/mol. The van der Waals surface area contributed by atoms with E-state index in [4.69, 9.17) is 9.15 Å². The lowest BCUT2D eigenvalue weighted by Crippen LogP contribution is -2.28. The number of rotatable bonds is 5. The van der Waals surface area contributed by atoms with E-state index in [2.05, 4.69) is 16.6 Å². The van der Waals surface area contributed by atoms with Crippen LogP contribution in [-0.2, 0) is 4.74 Å². The molecule has 106 valence electrons. The number of nitrogens with zero attached hydrogens (tertiary/aromatic N) is 1. The fourth-order valence-corrected chi connectivity index (χ4v) is 3.13. The average Bonchev–Trinajstić information content (AvgIpc) is 2.88. The Labute approximate surface area is 117 Å². The highest BCUT2D eigenvalue weighted by atomic mass is 32.2. The van der Waals surface area contributed by atoms with Gasteiger partial charge in [-0.05, 0) is 32.4 Å². The van der Waals surface area contributed by atoms with Crippen molar-refractivity contribution in [2.75, 3.05) is 18.2 Å². The van der Waals surface area contributed by atoms with Crippen LogP contribution in [0.2, 0.25) is 0 Å². The number of anilines is 1. The molecular weight excluding hydrogens is 264 g/mol. The number of carbonyl (C=O) groups excluding carboxylic acids is 1. The van der Waals surface area contributed by atoms with Gasteiger partial charge in [0.15, 0.2) is 5.69 Å². The van der Waals surface area contributed by atoms with Crippen molar-refractivity contribution < 1.29 is 13.9 Å². The van der Waals surface area contributed by atoms with Crippen molar-refractivity contribution in [3.63, 3.8) is 0 Å². The molecule has 0 aliphatic heterocycles. The molecule has 1 saturated carbocycles. The zero-order valence-corrected chi connectivity index (χ0v) is 12.2. The third-order valence-corrected chi connectivity index (χ3v) is 4.37. The van der Waals surface area contributed by atoms with Crippen molar-refractivity contribution in [3.8, 4) is 0 Å². The number of carbonyl (C=O) groups is 1. The number of hydrogen-bond donors (Lipinski definition) is 1. The maximum atomic E-state index is 11.5. The van der Waals surface area contributed by atoms with Crippen LogP contribution in [0.4, 0.5) is 6.01 Å². The summed E-state index contributed by atoms with van der Waals surface area (Å²) in [5.74, 6) is -0.440. The van der Waals surface area contributed by atoms with Crippen LogP contribution in [0.15, 0.2) is 10.7 Å². The van der Waals surface area contributed by atoms with E-state index >= 15 is 0 Å². The lowest BCUT2D eigenvalue weighted by atomic mass is 9.95. The molecule has 19 heavy (non-hydrogen) atoms. The maximum Gasteiger partial charge on any atom is 0.360 e. The summed E-state index contributed by atoms with van der Waals surface area (Å²) < 4.78 is 10.1. The second-order valence-corrected chi connectivity index (χ2v) is 5.76. The van der Waals surface area contributed by atoms with E-state index in [1.165, 1.54) is 19.1 Å². The molecular formula is C13H20N2O3S. The third-order valence-electron chi connectivity index (χ3n) is 3.28. The van der Waals surface area contributed by atoms with E-state index in [1.54, 1.807) is 6.92 Å². The minimum Gasteiger partial charge on any atom is -0.461 e. The van der Waals surface area contributed by atoms with Crippen LogP contribution in [0.3, 0.4) is 0 Å². The topological polar surface area (TPSA) is 64.4 Å². The van der Waals surface area contributed by atoms with Gasteiger partial charge >= 0.3 is 5.97 Å². The van der Waals surface area contributed by atoms with Crippen molar-refractivity contribution in [3.05, 3.63) is 12.0 Å². The molecule has 0 spiro atoms. The highest BCUT2D eigenvalue weighted by Gasteiger charge is 2.23. The van der Waals surface area contributed by atoms with E-state index in [9.17, 15) is 4.79 Å². The minimum absolute atomic E-state index is 0.224. The van der Waals surface area contributed by atoms with E-state index in [1.807, 2.05) is 11.8 Å². The van der Waals surface area contributed by atoms with Crippen LogP contribution >= 0.6 is 11.8 Å². The van der Waals surface area contributed by atoms with Crippen LogP contribution in [0.5, 0.6) is 0 Å². The van der Waals surface area contributed by atoms with Crippen molar-refractivity contribution in [2.45, 2.75) is 43.9 Å². The van der Waals surface area contributed by atoms with Gasteiger partial charge in [-0.1, -0.05) is 6.42 Å². The Morgan fingerprint density at radius 3 is 3.21 bits per heavy atom. The van der Waals surface area contributed by atoms with Crippen LogP contribution in [0, 0.1) is 0 Å². The Bertz CT molecular complexity index is 422. The van der Waals surface area contributed by atoms with Gasteiger partial charge in [-0.25, -0.2) is 4.79 Å². The molecule has 1 aromatic heterocycles. The summed E-state index contributed by atoms with van der Waals surface area (Å²) in [4.78, 5) is 15.6. The van der Waals surface area contributed by atoms with Gasteiger partial charge in [0.05, 0.1) is 6.61 Å². The Balaban J connectivity index is 1.90. The van der Waals surface area contributed by atoms with Gasteiger partial charge in [0.2, 0.25) is 0 Å². The summed E-state index contributed by atoms with van der Waals surface area (Å²) in [6.45, 7) is 2.11. The van der Waals surface area contributed by atoms with Gasteiger partial charge in [-0.2, -0.15) is 16.7 Å². The van der Waals surface area contributed by atoms with Gasteiger partial charge in [0.25, 0.3) is 6.01 Å². The fourth-order valence-electron chi connectivity index (χ4n) is 2.30. The second kappa shape index (κ2) is 6.84. The van der Waals surface area contributed by atoms with Crippen molar-refractivity contribution in [1.82, 2.24) is 4.98 Å². The average molecular weight is 284 g/mol. The van der Waals surface area contributed by atoms with E-state index < -0.39 is 5.97 Å². The molecule has 1 aliphatic carbocycles. The van der Waals surface area contributed by atoms with E-state index in [-0.39, 0.29) is 5.69 Å². The molecule has 0 amide bonds. The zero-order chi connectivity index (χ0) is 13.7. The number of oxazole rings is 1. The number of nitrogens with one attached hydrogen (secondary N) is 1. The third kappa shape index (κ3) is 3.89. The lowest BCUT2D eigenvalue weighted by Gasteiger charge is -2.27. The summed E-state index contributed by atoms with van der Waals surface area (Å²) in [7, 11) is 0. The first kappa shape index (κ1) is 14.2. The number of ether oxygens (including phenoxy) is 1. The van der Waals surface area contributed by atoms with E-state index in [0.717, 1.165) is 12.8 Å². The highest BCUT2D eigenvalue weighted by Crippen LogP contribution is 2.28. The Morgan fingerprint density at radius 1 is 1.63 bits per heavy atom. The molecule has 1 aliphatic rings. The van der Waals surface area contributed by atoms with Crippen LogP contribution in [0.25, 0.3) is 0 Å². The molecule has 2 atom stereocenters. The normalized spacial score (nSPS) is 23.1. The quantitative estimate of drug-likeness (QED) is 0.839. The molecule has 0 saturated heterocycles. The summed E-state index contributed by atoms with van der Waals surface area (Å²) in [6.07, 6.45) is 8.21. The molecule has 5 nitrogen and oxygen atoms in total. The predicted molar refractivity (Wildman–Crippen MR) is 75.6 cm³/mol. The number of aromatic nitrogens is 1. The van der Waals surface area contributed by atoms with Gasteiger partial charge in [0.1, 0.15) is 6.26 Å². The summed E-state index contributed by atoms with van der Waals surface area (Å²) >= 11 is 1.91. The molecule has 2 unspecified atom stereocenters. The molecule has 0 radical (unpaired) electrons. The first-order chi connectivity index (χ1) is 9.22.